The molecule has 6 aromatic heterocycles. The van der Waals surface area contributed by atoms with Gasteiger partial charge in [-0.05, 0) is 90.4 Å². The van der Waals surface area contributed by atoms with E-state index in [2.05, 4.69) is 25.9 Å². The van der Waals surface area contributed by atoms with Crippen LogP contribution in [0.15, 0.2) is 60.8 Å². The van der Waals surface area contributed by atoms with Crippen LogP contribution >= 0.6 is 0 Å². The first kappa shape index (κ1) is 55.6. The van der Waals surface area contributed by atoms with Gasteiger partial charge >= 0.3 is 18.0 Å². The lowest BCUT2D eigenvalue weighted by Crippen LogP contribution is -2.27. The maximum atomic E-state index is 14.0. The molecule has 26 heteroatoms. The lowest BCUT2D eigenvalue weighted by atomic mass is 10.1. The van der Waals surface area contributed by atoms with E-state index in [0.29, 0.717) is 87.8 Å². The first-order valence-corrected chi connectivity index (χ1v) is 25.6. The number of carbonyl (C=O) groups is 6. The summed E-state index contributed by atoms with van der Waals surface area (Å²) in [5, 5.41) is 28.9. The number of hydrogen-bond donors (Lipinski definition) is 5. The molecule has 7 N–H and O–H groups in total. The highest BCUT2D eigenvalue weighted by Gasteiger charge is 2.24. The summed E-state index contributed by atoms with van der Waals surface area (Å²) in [6.07, 6.45) is 4.84. The van der Waals surface area contributed by atoms with Gasteiger partial charge in [0.25, 0.3) is 5.91 Å². The number of rotatable bonds is 26. The molecule has 0 saturated heterocycles. The van der Waals surface area contributed by atoms with Crippen LogP contribution < -0.4 is 31.6 Å². The van der Waals surface area contributed by atoms with Gasteiger partial charge < -0.3 is 50.0 Å². The van der Waals surface area contributed by atoms with E-state index in [1.54, 1.807) is 56.9 Å². The Morgan fingerprint density at radius 2 is 1.27 bits per heavy atom. The van der Waals surface area contributed by atoms with Crippen LogP contribution in [0.1, 0.15) is 98.8 Å². The molecule has 414 valence electrons. The molecule has 0 aliphatic carbocycles. The number of carboxylic acids is 1. The summed E-state index contributed by atoms with van der Waals surface area (Å²) < 4.78 is 31.7. The Kier molecular flexibility index (Phi) is 17.3. The Balaban J connectivity index is 1.15. The van der Waals surface area contributed by atoms with E-state index in [0.717, 1.165) is 5.69 Å². The smallest absolute Gasteiger partial charge is 0.407 e. The van der Waals surface area contributed by atoms with Crippen LogP contribution in [0.2, 0.25) is 0 Å². The number of aryl methyl sites for hydroxylation is 6. The second-order valence-corrected chi connectivity index (χ2v) is 18.2. The summed E-state index contributed by atoms with van der Waals surface area (Å²) in [4.78, 5) is 90.2. The molecule has 4 amide bonds. The number of nitrogens with one attached hydrogen (secondary N) is 2. The predicted molar refractivity (Wildman–Crippen MR) is 288 cm³/mol. The molecule has 2 aromatic carbocycles. The minimum atomic E-state index is -1.10. The fraction of sp³-hybridized carbons (Fsp3) is 0.358. The molecule has 0 aliphatic heterocycles. The molecule has 6 heterocycles. The van der Waals surface area contributed by atoms with Crippen LogP contribution in [-0.4, -0.2) is 127 Å². The predicted octanol–water partition coefficient (Wildman–Crippen LogP) is 5.48. The highest BCUT2D eigenvalue weighted by Crippen LogP contribution is 2.37. The van der Waals surface area contributed by atoms with Gasteiger partial charge in [-0.1, -0.05) is 12.2 Å². The first-order chi connectivity index (χ1) is 38.0. The normalized spacial score (nSPS) is 11.5. The third kappa shape index (κ3) is 12.6. The summed E-state index contributed by atoms with van der Waals surface area (Å²) in [7, 11) is 0. The summed E-state index contributed by atoms with van der Waals surface area (Å²) in [6, 6.07) is 11.4. The van der Waals surface area contributed by atoms with Crippen molar-refractivity contribution < 1.29 is 52.8 Å². The molecule has 0 fully saturated rings. The van der Waals surface area contributed by atoms with Gasteiger partial charge in [0, 0.05) is 73.8 Å². The highest BCUT2D eigenvalue weighted by atomic mass is 16.6. The zero-order chi connectivity index (χ0) is 56.5. The number of benzene rings is 2. The quantitative estimate of drug-likeness (QED) is 0.0255. The lowest BCUT2D eigenvalue weighted by Gasteiger charge is -2.14. The topological polar surface area (TPSA) is 338 Å². The molecule has 0 aliphatic rings. The van der Waals surface area contributed by atoms with Gasteiger partial charge in [0.15, 0.2) is 5.82 Å². The number of allylic oxidation sites excluding steroid dienone is 2. The molecule has 79 heavy (non-hydrogen) atoms. The maximum absolute atomic E-state index is 14.0. The molecule has 0 bridgehead atoms. The number of carboxylic acid groups (broad SMARTS) is 1. The average molecular weight is 1080 g/mol. The molecular weight excluding hydrogens is 1020 g/mol. The molecule has 0 saturated carbocycles. The maximum Gasteiger partial charge on any atom is 0.407 e. The number of esters is 1. The van der Waals surface area contributed by atoms with Crippen molar-refractivity contribution in [2.75, 3.05) is 38.3 Å². The van der Waals surface area contributed by atoms with Crippen LogP contribution in [0.5, 0.6) is 11.5 Å². The summed E-state index contributed by atoms with van der Waals surface area (Å²) >= 11 is 0. The van der Waals surface area contributed by atoms with E-state index in [1.807, 2.05) is 50.5 Å². The van der Waals surface area contributed by atoms with E-state index in [-0.39, 0.29) is 93.0 Å². The van der Waals surface area contributed by atoms with Gasteiger partial charge in [0.2, 0.25) is 17.8 Å². The molecule has 0 radical (unpaired) electrons. The summed E-state index contributed by atoms with van der Waals surface area (Å²) in [5.74, 6) is -2.54. The van der Waals surface area contributed by atoms with Gasteiger partial charge in [-0.3, -0.25) is 38.5 Å². The zero-order valence-corrected chi connectivity index (χ0v) is 44.6. The first-order valence-electron chi connectivity index (χ1n) is 25.6. The number of aliphatic carboxylic acids is 1. The van der Waals surface area contributed by atoms with Crippen LogP contribution in [0.4, 0.5) is 10.7 Å². The number of nitrogens with two attached hydrogens (primary N) is 2. The fourth-order valence-electron chi connectivity index (χ4n) is 8.89. The molecule has 26 nitrogen and oxygen atoms in total. The average Bonchev–Trinajstić information content (AvgIpc) is 4.27. The van der Waals surface area contributed by atoms with Crippen molar-refractivity contribution in [3.8, 4) is 23.0 Å². The lowest BCUT2D eigenvalue weighted by molar-refractivity contribution is -0.137. The summed E-state index contributed by atoms with van der Waals surface area (Å²) in [6.45, 7) is 12.8. The number of hydrogen-bond acceptors (Lipinski definition) is 16. The standard InChI is InChI=1S/C53H61N15O11/c1-7-66-38(22-30(4)61-66)48-57-29-36-35-25-33(46(54)71)27-41(76-18-12-15-56-53(75)79-21-14-43(69)70)44(35)64(49(36)59-48)16-10-11-17-65-45-37(58-52(65)60-50(73)39-23-31(5)62-67(39)8-2)26-34(47(55)72)28-42(45)77-19-13-20-78-51(74)40-24-32(6)63-68(40)9-3/h10-11,22-29H,7-9,12-21H2,1-6H3,(H2,54,71)(H2,55,72)(H,56,75)(H,69,70)(H,58,60,73). The molecule has 0 spiro atoms. The van der Waals surface area contributed by atoms with Crippen LogP contribution in [0, 0.1) is 20.8 Å². The van der Waals surface area contributed by atoms with Crippen molar-refractivity contribution in [3.05, 3.63) is 100 Å². The van der Waals surface area contributed by atoms with E-state index < -0.39 is 35.8 Å². The number of alkyl carbamates (subject to hydrolysis) is 1. The largest absolute Gasteiger partial charge is 0.491 e. The van der Waals surface area contributed by atoms with E-state index >= 15 is 0 Å². The molecule has 0 atom stereocenters. The number of primary amides is 2. The van der Waals surface area contributed by atoms with Crippen LogP contribution in [0.25, 0.3) is 44.5 Å². The van der Waals surface area contributed by atoms with Crippen molar-refractivity contribution in [2.45, 2.75) is 93.5 Å². The van der Waals surface area contributed by atoms with Crippen molar-refractivity contribution in [2.24, 2.45) is 11.5 Å². The molecule has 8 aromatic rings. The number of aromatic nitrogens is 11. The van der Waals surface area contributed by atoms with Crippen LogP contribution in [0.3, 0.4) is 0 Å². The van der Waals surface area contributed by atoms with Crippen molar-refractivity contribution >= 4 is 74.7 Å². The number of imidazole rings is 1. The number of amides is 4. The van der Waals surface area contributed by atoms with E-state index in [4.69, 9.17) is 50.5 Å². The number of carbonyl (C=O) groups excluding carboxylic acids is 5. The second kappa shape index (κ2) is 24.6. The van der Waals surface area contributed by atoms with E-state index in [9.17, 15) is 28.8 Å². The minimum Gasteiger partial charge on any atom is -0.491 e. The third-order valence-corrected chi connectivity index (χ3v) is 12.5. The number of ether oxygens (including phenoxy) is 4. The molecule has 0 unspecified atom stereocenters. The Morgan fingerprint density at radius 3 is 1.94 bits per heavy atom. The van der Waals surface area contributed by atoms with Crippen molar-refractivity contribution in [1.82, 2.24) is 58.7 Å². The van der Waals surface area contributed by atoms with Gasteiger partial charge in [0.1, 0.15) is 46.4 Å². The van der Waals surface area contributed by atoms with Gasteiger partial charge in [-0.25, -0.2) is 24.5 Å². The van der Waals surface area contributed by atoms with Crippen molar-refractivity contribution in [3.63, 3.8) is 0 Å². The number of nitrogens with zero attached hydrogens (tertiary/aromatic N) is 11. The van der Waals surface area contributed by atoms with Gasteiger partial charge in [0.05, 0.1) is 54.4 Å². The number of anilines is 1. The highest BCUT2D eigenvalue weighted by molar-refractivity contribution is 6.12. The third-order valence-electron chi connectivity index (χ3n) is 12.5. The Bertz CT molecular complexity index is 3660. The van der Waals surface area contributed by atoms with Crippen LogP contribution in [-0.2, 0) is 47.0 Å². The van der Waals surface area contributed by atoms with Gasteiger partial charge in [-0.15, -0.1) is 0 Å². The Labute approximate surface area is 451 Å². The molecule has 8 rings (SSSR count). The second-order valence-electron chi connectivity index (χ2n) is 18.2. The number of fused-ring (bicyclic) bond motifs is 4. The monoisotopic (exact) mass is 1080 g/mol. The minimum absolute atomic E-state index is 0.0120. The SMILES string of the molecule is CCn1nc(C)cc1C(=O)Nc1nc2cc(C(N)=O)cc(OCCCOC(=O)c3cc(C)nn3CC)c2n1CC=CCn1c2nc(-c3cc(C)nn3CC)ncc2c2cc(C(N)=O)cc(OCCCNC(=O)OCCC(=O)O)c21. The van der Waals surface area contributed by atoms with E-state index in [1.165, 1.54) is 18.2 Å². The Hall–Kier alpha value is -9.62. The summed E-state index contributed by atoms with van der Waals surface area (Å²) in [5.41, 5.74) is 17.1. The Morgan fingerprint density at radius 1 is 0.658 bits per heavy atom. The van der Waals surface area contributed by atoms with Gasteiger partial charge in [-0.2, -0.15) is 15.3 Å². The fourth-order valence-corrected chi connectivity index (χ4v) is 8.89. The zero-order valence-electron chi connectivity index (χ0n) is 44.6. The molecular formula is C53H61N15O11. The van der Waals surface area contributed by atoms with Crippen molar-refractivity contribution in [1.29, 1.82) is 0 Å².